The van der Waals surface area contributed by atoms with Crippen molar-refractivity contribution in [3.63, 3.8) is 0 Å². The lowest BCUT2D eigenvalue weighted by Gasteiger charge is -2.12. The van der Waals surface area contributed by atoms with Crippen LogP contribution in [0.25, 0.3) is 0 Å². The number of anilines is 1. The Morgan fingerprint density at radius 3 is 2.36 bits per heavy atom. The fourth-order valence-corrected chi connectivity index (χ4v) is 3.42. The zero-order chi connectivity index (χ0) is 18.7. The molecule has 0 unspecified atom stereocenters. The predicted octanol–water partition coefficient (Wildman–Crippen LogP) is 4.80. The van der Waals surface area contributed by atoms with Crippen LogP contribution in [0.4, 0.5) is 5.69 Å². The molecule has 5 nitrogen and oxygen atoms in total. The highest BCUT2D eigenvalue weighted by Crippen LogP contribution is 2.33. The van der Waals surface area contributed by atoms with Crippen LogP contribution in [0.2, 0.25) is 15.1 Å². The number of hydrazine groups is 1. The second kappa shape index (κ2) is 8.30. The number of aryl methyl sites for hydroxylation is 1. The molecule has 0 fully saturated rings. The Kier molecular flexibility index (Phi) is 6.60. The van der Waals surface area contributed by atoms with Crippen LogP contribution in [0.5, 0.6) is 0 Å². The van der Waals surface area contributed by atoms with Crippen LogP contribution in [0, 0.1) is 19.8 Å². The molecule has 1 heterocycles. The van der Waals surface area contributed by atoms with E-state index in [1.165, 1.54) is 0 Å². The summed E-state index contributed by atoms with van der Waals surface area (Å²) in [5.74, 6) is 0.271. The van der Waals surface area contributed by atoms with Gasteiger partial charge in [-0.2, -0.15) is 5.10 Å². The largest absolute Gasteiger partial charge is 0.296 e. The summed E-state index contributed by atoms with van der Waals surface area (Å²) in [5.41, 5.74) is 8.56. The van der Waals surface area contributed by atoms with Crippen LogP contribution in [0.1, 0.15) is 30.8 Å². The lowest BCUT2D eigenvalue weighted by molar-refractivity contribution is -0.119. The summed E-state index contributed by atoms with van der Waals surface area (Å²) >= 11 is 18.0. The van der Waals surface area contributed by atoms with Crippen LogP contribution in [-0.2, 0) is 17.8 Å². The summed E-state index contributed by atoms with van der Waals surface area (Å²) in [6.07, 6.45) is 0.214. The first-order valence-corrected chi connectivity index (χ1v) is 9.04. The van der Waals surface area contributed by atoms with Crippen LogP contribution in [-0.4, -0.2) is 15.7 Å². The minimum Gasteiger partial charge on any atom is -0.296 e. The second-order valence-corrected chi connectivity index (χ2v) is 7.57. The van der Waals surface area contributed by atoms with Gasteiger partial charge in [0, 0.05) is 22.8 Å². The van der Waals surface area contributed by atoms with Gasteiger partial charge in [0.15, 0.2) is 0 Å². The smallest absolute Gasteiger partial charge is 0.242 e. The van der Waals surface area contributed by atoms with Gasteiger partial charge in [-0.3, -0.25) is 20.3 Å². The van der Waals surface area contributed by atoms with Gasteiger partial charge in [0.2, 0.25) is 5.91 Å². The molecule has 0 saturated heterocycles. The average Bonchev–Trinajstić information content (AvgIpc) is 2.73. The van der Waals surface area contributed by atoms with Crippen LogP contribution in [0.15, 0.2) is 12.1 Å². The molecule has 1 aromatic heterocycles. The van der Waals surface area contributed by atoms with E-state index in [-0.39, 0.29) is 12.3 Å². The van der Waals surface area contributed by atoms with E-state index in [1.54, 1.807) is 12.1 Å². The van der Waals surface area contributed by atoms with Gasteiger partial charge in [-0.05, 0) is 31.9 Å². The van der Waals surface area contributed by atoms with Crippen molar-refractivity contribution >= 4 is 46.4 Å². The number of nitrogens with zero attached hydrogens (tertiary/aromatic N) is 2. The molecule has 2 aromatic rings. The topological polar surface area (TPSA) is 59.0 Å². The lowest BCUT2D eigenvalue weighted by Crippen LogP contribution is -2.31. The molecule has 0 saturated carbocycles. The molecule has 0 aliphatic rings. The molecule has 0 spiro atoms. The van der Waals surface area contributed by atoms with E-state index in [9.17, 15) is 4.79 Å². The Bertz CT molecular complexity index is 763. The van der Waals surface area contributed by atoms with Crippen molar-refractivity contribution in [1.82, 2.24) is 15.2 Å². The molecule has 0 bridgehead atoms. The highest BCUT2D eigenvalue weighted by Gasteiger charge is 2.16. The first-order chi connectivity index (χ1) is 11.7. The number of hydrogen-bond acceptors (Lipinski definition) is 3. The molecule has 2 rings (SSSR count). The molecule has 1 aromatic carbocycles. The van der Waals surface area contributed by atoms with Gasteiger partial charge in [-0.15, -0.1) is 0 Å². The van der Waals surface area contributed by atoms with Crippen molar-refractivity contribution < 1.29 is 4.79 Å². The molecular formula is C17H21Cl3N4O. The summed E-state index contributed by atoms with van der Waals surface area (Å²) in [6.45, 7) is 8.97. The van der Waals surface area contributed by atoms with Gasteiger partial charge < -0.3 is 0 Å². The van der Waals surface area contributed by atoms with Gasteiger partial charge in [-0.1, -0.05) is 48.7 Å². The third-order valence-electron chi connectivity index (χ3n) is 3.74. The maximum Gasteiger partial charge on any atom is 0.242 e. The van der Waals surface area contributed by atoms with E-state index < -0.39 is 0 Å². The standard InChI is InChI=1S/C17H21Cl3N4O/c1-9(2)8-24-11(4)13(10(3)23-24)7-16(25)21-22-17-14(19)5-12(18)6-15(17)20/h5-6,9,22H,7-8H2,1-4H3,(H,21,25). The number of amides is 1. The molecule has 8 heteroatoms. The third kappa shape index (κ3) is 5.03. The summed E-state index contributed by atoms with van der Waals surface area (Å²) in [4.78, 5) is 12.3. The molecular weight excluding hydrogens is 383 g/mol. The van der Waals surface area contributed by atoms with Crippen molar-refractivity contribution in [2.24, 2.45) is 5.92 Å². The maximum atomic E-state index is 12.3. The summed E-state index contributed by atoms with van der Waals surface area (Å²) in [5, 5.41) is 5.60. The van der Waals surface area contributed by atoms with Gasteiger partial charge >= 0.3 is 0 Å². The van der Waals surface area contributed by atoms with Crippen molar-refractivity contribution in [2.75, 3.05) is 5.43 Å². The number of rotatable bonds is 6. The fraction of sp³-hybridized carbons (Fsp3) is 0.412. The minimum atomic E-state index is -0.211. The van der Waals surface area contributed by atoms with E-state index in [0.717, 1.165) is 23.5 Å². The summed E-state index contributed by atoms with van der Waals surface area (Å²) in [7, 11) is 0. The fourth-order valence-electron chi connectivity index (χ4n) is 2.51. The molecule has 0 radical (unpaired) electrons. The Hall–Kier alpha value is -1.43. The number of nitrogens with one attached hydrogen (secondary N) is 2. The second-order valence-electron chi connectivity index (χ2n) is 6.32. The van der Waals surface area contributed by atoms with Crippen LogP contribution >= 0.6 is 34.8 Å². The van der Waals surface area contributed by atoms with Crippen molar-refractivity contribution in [3.05, 3.63) is 44.2 Å². The van der Waals surface area contributed by atoms with E-state index in [2.05, 4.69) is 29.8 Å². The third-order valence-corrected chi connectivity index (χ3v) is 4.55. The first kappa shape index (κ1) is 19.9. The monoisotopic (exact) mass is 402 g/mol. The van der Waals surface area contributed by atoms with E-state index in [0.29, 0.717) is 26.7 Å². The van der Waals surface area contributed by atoms with E-state index >= 15 is 0 Å². The predicted molar refractivity (Wildman–Crippen MR) is 103 cm³/mol. The number of benzene rings is 1. The number of hydrogen-bond donors (Lipinski definition) is 2. The number of aromatic nitrogens is 2. The highest BCUT2D eigenvalue weighted by molar-refractivity contribution is 6.41. The van der Waals surface area contributed by atoms with E-state index in [1.807, 2.05) is 18.5 Å². The molecule has 0 atom stereocenters. The van der Waals surface area contributed by atoms with Gasteiger partial charge in [0.05, 0.1) is 27.8 Å². The maximum absolute atomic E-state index is 12.3. The minimum absolute atomic E-state index is 0.211. The van der Waals surface area contributed by atoms with Crippen molar-refractivity contribution in [1.29, 1.82) is 0 Å². The zero-order valence-corrected chi connectivity index (χ0v) is 16.9. The van der Waals surface area contributed by atoms with E-state index in [4.69, 9.17) is 34.8 Å². The Morgan fingerprint density at radius 2 is 1.80 bits per heavy atom. The summed E-state index contributed by atoms with van der Waals surface area (Å²) < 4.78 is 1.95. The SMILES string of the molecule is Cc1nn(CC(C)C)c(C)c1CC(=O)NNc1c(Cl)cc(Cl)cc1Cl. The Labute approximate surface area is 162 Å². The summed E-state index contributed by atoms with van der Waals surface area (Å²) in [6, 6.07) is 3.10. The van der Waals surface area contributed by atoms with Gasteiger partial charge in [0.25, 0.3) is 0 Å². The number of carbonyl (C=O) groups is 1. The van der Waals surface area contributed by atoms with Gasteiger partial charge in [0.1, 0.15) is 0 Å². The first-order valence-electron chi connectivity index (χ1n) is 7.91. The quantitative estimate of drug-likeness (QED) is 0.681. The molecule has 0 aliphatic carbocycles. The van der Waals surface area contributed by atoms with Crippen LogP contribution in [0.3, 0.4) is 0 Å². The molecule has 2 N–H and O–H groups in total. The number of carbonyl (C=O) groups excluding carboxylic acids is 1. The van der Waals surface area contributed by atoms with Crippen molar-refractivity contribution in [3.8, 4) is 0 Å². The molecule has 0 aliphatic heterocycles. The molecule has 1 amide bonds. The molecule has 25 heavy (non-hydrogen) atoms. The Balaban J connectivity index is 2.05. The zero-order valence-electron chi connectivity index (χ0n) is 14.6. The van der Waals surface area contributed by atoms with Gasteiger partial charge in [-0.25, -0.2) is 0 Å². The van der Waals surface area contributed by atoms with Crippen LogP contribution < -0.4 is 10.9 Å². The molecule has 136 valence electrons. The average molecular weight is 404 g/mol. The Morgan fingerprint density at radius 1 is 1.20 bits per heavy atom. The normalized spacial score (nSPS) is 11.0. The number of halogens is 3. The highest BCUT2D eigenvalue weighted by atomic mass is 35.5. The lowest BCUT2D eigenvalue weighted by atomic mass is 10.1. The van der Waals surface area contributed by atoms with Crippen molar-refractivity contribution in [2.45, 2.75) is 40.7 Å².